The molecule has 0 saturated heterocycles. The predicted octanol–water partition coefficient (Wildman–Crippen LogP) is 8.53. The molecule has 0 saturated carbocycles. The summed E-state index contributed by atoms with van der Waals surface area (Å²) < 4.78 is 28.6. The number of carboxylic acid groups (broad SMARTS) is 1. The first-order valence-corrected chi connectivity index (χ1v) is 15.3. The molecule has 0 aliphatic heterocycles. The Morgan fingerprint density at radius 1 is 1.00 bits per heavy atom. The zero-order valence-corrected chi connectivity index (χ0v) is 28.4. The Balaban J connectivity index is 0.00000199. The summed E-state index contributed by atoms with van der Waals surface area (Å²) in [6, 6.07) is 16.9. The van der Waals surface area contributed by atoms with Crippen molar-refractivity contribution in [3.05, 3.63) is 118 Å². The van der Waals surface area contributed by atoms with E-state index < -0.39 is 11.6 Å². The van der Waals surface area contributed by atoms with Gasteiger partial charge in [-0.3, -0.25) is 14.6 Å². The van der Waals surface area contributed by atoms with Gasteiger partial charge in [0.1, 0.15) is 6.17 Å². The molecule has 7 nitrogen and oxygen atoms in total. The third-order valence-corrected chi connectivity index (χ3v) is 6.96. The number of nitrogens with zero attached hydrogens (tertiary/aromatic N) is 2. The molecule has 3 N–H and O–H groups in total. The number of hydrogen-bond donors (Lipinski definition) is 3. The van der Waals surface area contributed by atoms with E-state index in [1.807, 2.05) is 108 Å². The molecule has 3 rings (SSSR count). The fourth-order valence-electron chi connectivity index (χ4n) is 4.45. The van der Waals surface area contributed by atoms with Gasteiger partial charge < -0.3 is 20.6 Å². The second-order valence-corrected chi connectivity index (χ2v) is 10.3. The van der Waals surface area contributed by atoms with E-state index in [1.54, 1.807) is 25.3 Å². The molecule has 3 aromatic rings. The predicted molar refractivity (Wildman–Crippen MR) is 186 cm³/mol. The van der Waals surface area contributed by atoms with E-state index in [0.29, 0.717) is 24.1 Å². The third-order valence-electron chi connectivity index (χ3n) is 6.96. The molecule has 1 unspecified atom stereocenters. The molecule has 0 spiro atoms. The molecule has 0 aliphatic rings. The van der Waals surface area contributed by atoms with E-state index in [4.69, 9.17) is 9.90 Å². The second-order valence-electron chi connectivity index (χ2n) is 10.3. The van der Waals surface area contributed by atoms with Crippen molar-refractivity contribution in [1.29, 1.82) is 0 Å². The van der Waals surface area contributed by atoms with Crippen LogP contribution < -0.4 is 10.6 Å². The van der Waals surface area contributed by atoms with Crippen molar-refractivity contribution in [2.24, 2.45) is 4.99 Å². The largest absolute Gasteiger partial charge is 0.483 e. The lowest BCUT2D eigenvalue weighted by Gasteiger charge is -2.29. The summed E-state index contributed by atoms with van der Waals surface area (Å²) in [6.07, 6.45) is 5.76. The number of carbonyl (C=O) groups is 2. The first-order chi connectivity index (χ1) is 22.0. The number of aliphatic imine (C=N–C) groups is 1. The maximum absolute atomic E-state index is 14.5. The Morgan fingerprint density at radius 2 is 1.61 bits per heavy atom. The van der Waals surface area contributed by atoms with E-state index in [1.165, 1.54) is 12.5 Å². The van der Waals surface area contributed by atoms with E-state index in [9.17, 15) is 13.6 Å². The number of benzene rings is 3. The van der Waals surface area contributed by atoms with Gasteiger partial charge in [-0.1, -0.05) is 68.8 Å². The number of hydrogen-bond acceptors (Lipinski definition) is 5. The van der Waals surface area contributed by atoms with Crippen molar-refractivity contribution in [2.75, 3.05) is 12.4 Å². The zero-order chi connectivity index (χ0) is 34.8. The van der Waals surface area contributed by atoms with Gasteiger partial charge in [0.25, 0.3) is 12.4 Å². The van der Waals surface area contributed by atoms with Crippen LogP contribution in [0.2, 0.25) is 0 Å². The minimum atomic E-state index is -0.873. The minimum Gasteiger partial charge on any atom is -0.483 e. The highest BCUT2D eigenvalue weighted by Gasteiger charge is 2.18. The average Bonchev–Trinajstić information content (AvgIpc) is 3.05. The number of anilines is 1. The van der Waals surface area contributed by atoms with Crippen molar-refractivity contribution in [1.82, 2.24) is 10.2 Å². The first kappa shape index (κ1) is 39.2. The van der Waals surface area contributed by atoms with Crippen LogP contribution in [0.1, 0.15) is 79.7 Å². The van der Waals surface area contributed by atoms with Gasteiger partial charge >= 0.3 is 0 Å². The standard InChI is InChI=1S/C34H40F2N4O.C2H6.CH2O2/c1-8-18-40(7)33(25(6)37-20-24(5)29-16-12-23(4)31(35)32(29)36)39-28-15-17-30(27(9-2)19-28)34(41)38-21-26-13-10-22(3)11-14-26;1-2;2-1-3/h8,10-20,33,39H,9,21H2,1-7H3,(H,38,41);1-2H3;1H,(H,2,3)/b18-8-,24-20+,37-25?;;. The molecule has 0 bridgehead atoms. The third kappa shape index (κ3) is 11.6. The Hall–Kier alpha value is -4.79. The lowest BCUT2D eigenvalue weighted by atomic mass is 10.0. The van der Waals surface area contributed by atoms with Crippen LogP contribution >= 0.6 is 0 Å². The summed E-state index contributed by atoms with van der Waals surface area (Å²) >= 11 is 0. The number of carbonyl (C=O) groups excluding carboxylic acids is 1. The van der Waals surface area contributed by atoms with E-state index in [-0.39, 0.29) is 29.7 Å². The highest BCUT2D eigenvalue weighted by molar-refractivity contribution is 5.96. The van der Waals surface area contributed by atoms with Crippen molar-refractivity contribution >= 4 is 29.4 Å². The van der Waals surface area contributed by atoms with Gasteiger partial charge in [0.2, 0.25) is 0 Å². The molecular weight excluding hydrogens is 586 g/mol. The van der Waals surface area contributed by atoms with Gasteiger partial charge in [0, 0.05) is 36.6 Å². The quantitative estimate of drug-likeness (QED) is 0.112. The number of aryl methyl sites for hydroxylation is 3. The average molecular weight is 635 g/mol. The lowest BCUT2D eigenvalue weighted by Crippen LogP contribution is -2.40. The topological polar surface area (TPSA) is 94.0 Å². The molecule has 3 aromatic carbocycles. The van der Waals surface area contributed by atoms with Crippen molar-refractivity contribution in [3.8, 4) is 0 Å². The molecule has 1 amide bonds. The number of nitrogens with one attached hydrogen (secondary N) is 2. The molecule has 248 valence electrons. The van der Waals surface area contributed by atoms with E-state index in [2.05, 4.69) is 15.6 Å². The van der Waals surface area contributed by atoms with Gasteiger partial charge in [-0.05, 0) is 87.7 Å². The monoisotopic (exact) mass is 634 g/mol. The number of allylic oxidation sites excluding steroid dienone is 2. The normalized spacial score (nSPS) is 11.9. The van der Waals surface area contributed by atoms with Crippen LogP contribution in [0.15, 0.2) is 78.1 Å². The summed E-state index contributed by atoms with van der Waals surface area (Å²) in [5.41, 5.74) is 6.29. The van der Waals surface area contributed by atoms with E-state index in [0.717, 1.165) is 22.5 Å². The maximum atomic E-state index is 14.5. The molecule has 0 aliphatic carbocycles. The molecule has 0 aromatic heterocycles. The summed E-state index contributed by atoms with van der Waals surface area (Å²) in [5.74, 6) is -1.83. The fourth-order valence-corrected chi connectivity index (χ4v) is 4.45. The van der Waals surface area contributed by atoms with Gasteiger partial charge in [0.05, 0.1) is 5.71 Å². The Labute approximate surface area is 272 Å². The molecule has 0 radical (unpaired) electrons. The lowest BCUT2D eigenvalue weighted by molar-refractivity contribution is -0.122. The van der Waals surface area contributed by atoms with E-state index >= 15 is 0 Å². The van der Waals surface area contributed by atoms with Gasteiger partial charge in [-0.25, -0.2) is 8.78 Å². The summed E-state index contributed by atoms with van der Waals surface area (Å²) in [7, 11) is 1.93. The van der Waals surface area contributed by atoms with Crippen LogP contribution in [-0.4, -0.2) is 41.3 Å². The van der Waals surface area contributed by atoms with Crippen LogP contribution in [0.4, 0.5) is 14.5 Å². The second kappa shape index (κ2) is 20.3. The Kier molecular flexibility index (Phi) is 17.3. The number of halogens is 2. The van der Waals surface area contributed by atoms with Crippen LogP contribution in [0, 0.1) is 25.5 Å². The van der Waals surface area contributed by atoms with Crippen molar-refractivity contribution in [2.45, 2.75) is 74.5 Å². The van der Waals surface area contributed by atoms with Gasteiger partial charge in [-0.15, -0.1) is 0 Å². The van der Waals surface area contributed by atoms with Crippen molar-refractivity contribution < 1.29 is 23.5 Å². The van der Waals surface area contributed by atoms with Gasteiger partial charge in [-0.2, -0.15) is 0 Å². The van der Waals surface area contributed by atoms with Crippen LogP contribution in [0.3, 0.4) is 0 Å². The smallest absolute Gasteiger partial charge is 0.290 e. The fraction of sp³-hybridized carbons (Fsp3) is 0.324. The molecule has 9 heteroatoms. The minimum absolute atomic E-state index is 0.116. The SMILES string of the molecule is C/C=C\N(C)C(Nc1ccc(C(=O)NCc2ccc(C)cc2)c(CC)c1)C(C)=N/C=C(\C)c1ccc(C)c(F)c1F.CC.O=CO. The van der Waals surface area contributed by atoms with Crippen LogP contribution in [-0.2, 0) is 17.8 Å². The Morgan fingerprint density at radius 3 is 2.20 bits per heavy atom. The number of amides is 1. The van der Waals surface area contributed by atoms with Crippen molar-refractivity contribution in [3.63, 3.8) is 0 Å². The molecule has 46 heavy (non-hydrogen) atoms. The summed E-state index contributed by atoms with van der Waals surface area (Å²) in [5, 5.41) is 13.4. The molecule has 0 fully saturated rings. The maximum Gasteiger partial charge on any atom is 0.290 e. The van der Waals surface area contributed by atoms with Crippen LogP contribution in [0.5, 0.6) is 0 Å². The summed E-state index contributed by atoms with van der Waals surface area (Å²) in [6.45, 7) is 15.3. The highest BCUT2D eigenvalue weighted by Crippen LogP contribution is 2.23. The van der Waals surface area contributed by atoms with Gasteiger partial charge in [0.15, 0.2) is 11.6 Å². The van der Waals surface area contributed by atoms with Crippen LogP contribution in [0.25, 0.3) is 5.57 Å². The first-order valence-electron chi connectivity index (χ1n) is 15.3. The highest BCUT2D eigenvalue weighted by atomic mass is 19.2. The molecule has 0 heterocycles. The zero-order valence-electron chi connectivity index (χ0n) is 28.4. The summed E-state index contributed by atoms with van der Waals surface area (Å²) in [4.78, 5) is 27.9. The molecular formula is C37H48F2N4O3. The molecule has 1 atom stereocenters. The Bertz CT molecular complexity index is 1520. The number of rotatable bonds is 11.